The fourth-order valence-electron chi connectivity index (χ4n) is 0.671. The highest BCUT2D eigenvalue weighted by atomic mass is 16.7. The monoisotopic (exact) mass is 203 g/mol. The molecule has 1 atom stereocenters. The maximum absolute atomic E-state index is 11.0. The molecular weight excluding hydrogens is 190 g/mol. The van der Waals surface area contributed by atoms with Gasteiger partial charge < -0.3 is 15.2 Å². The van der Waals surface area contributed by atoms with E-state index in [4.69, 9.17) is 5.73 Å². The largest absolute Gasteiger partial charge is 0.428 e. The number of hydrogen-bond acceptors (Lipinski definition) is 6. The van der Waals surface area contributed by atoms with Gasteiger partial charge in [0.25, 0.3) is 0 Å². The first kappa shape index (κ1) is 12.6. The molecule has 0 amide bonds. The Morgan fingerprint density at radius 1 is 1.21 bits per heavy atom. The van der Waals surface area contributed by atoms with E-state index in [0.717, 1.165) is 0 Å². The SMILES string of the molecule is CC(=O)C[C@@H](N)C(=O)OCOC(C)=O. The molecule has 6 heteroatoms. The molecule has 0 aliphatic carbocycles. The number of carbonyl (C=O) groups excluding carboxylic acids is 3. The van der Waals surface area contributed by atoms with Crippen molar-refractivity contribution in [2.45, 2.75) is 26.3 Å². The number of ether oxygens (including phenoxy) is 2. The van der Waals surface area contributed by atoms with Crippen LogP contribution in [0.25, 0.3) is 0 Å². The summed E-state index contributed by atoms with van der Waals surface area (Å²) in [5.41, 5.74) is 5.30. The van der Waals surface area contributed by atoms with E-state index < -0.39 is 24.8 Å². The van der Waals surface area contributed by atoms with Gasteiger partial charge in [0.2, 0.25) is 6.79 Å². The van der Waals surface area contributed by atoms with Gasteiger partial charge in [0.15, 0.2) is 0 Å². The zero-order valence-electron chi connectivity index (χ0n) is 8.11. The number of Topliss-reactive ketones (excluding diaryl/α,β-unsaturated/α-hetero) is 1. The van der Waals surface area contributed by atoms with E-state index >= 15 is 0 Å². The predicted octanol–water partition coefficient (Wildman–Crippen LogP) is -0.643. The van der Waals surface area contributed by atoms with Crippen LogP contribution in [0.5, 0.6) is 0 Å². The number of esters is 2. The van der Waals surface area contributed by atoms with E-state index in [1.54, 1.807) is 0 Å². The molecule has 6 nitrogen and oxygen atoms in total. The summed E-state index contributed by atoms with van der Waals surface area (Å²) >= 11 is 0. The van der Waals surface area contributed by atoms with Crippen LogP contribution in [0.3, 0.4) is 0 Å². The molecule has 0 saturated carbocycles. The first-order chi connectivity index (χ1) is 6.43. The topological polar surface area (TPSA) is 95.7 Å². The molecule has 0 radical (unpaired) electrons. The lowest BCUT2D eigenvalue weighted by molar-refractivity contribution is -0.167. The molecule has 2 N–H and O–H groups in total. The summed E-state index contributed by atoms with van der Waals surface area (Å²) in [7, 11) is 0. The molecule has 0 aromatic carbocycles. The third-order valence-electron chi connectivity index (χ3n) is 1.27. The van der Waals surface area contributed by atoms with Crippen molar-refractivity contribution in [3.05, 3.63) is 0 Å². The van der Waals surface area contributed by atoms with E-state index in [1.165, 1.54) is 13.8 Å². The summed E-state index contributed by atoms with van der Waals surface area (Å²) in [6.07, 6.45) is -0.0844. The minimum atomic E-state index is -0.997. The second-order valence-corrected chi connectivity index (χ2v) is 2.73. The summed E-state index contributed by atoms with van der Waals surface area (Å²) in [5.74, 6) is -1.53. The number of carbonyl (C=O) groups is 3. The van der Waals surface area contributed by atoms with Crippen molar-refractivity contribution in [1.82, 2.24) is 0 Å². The normalized spacial score (nSPS) is 11.6. The minimum Gasteiger partial charge on any atom is -0.428 e. The van der Waals surface area contributed by atoms with Gasteiger partial charge in [0.1, 0.15) is 11.8 Å². The Bertz CT molecular complexity index is 238. The van der Waals surface area contributed by atoms with Gasteiger partial charge in [-0.25, -0.2) is 0 Å². The van der Waals surface area contributed by atoms with Crippen LogP contribution in [0, 0.1) is 0 Å². The molecule has 0 fully saturated rings. The van der Waals surface area contributed by atoms with Crippen LogP contribution in [0.2, 0.25) is 0 Å². The quantitative estimate of drug-likeness (QED) is 0.471. The van der Waals surface area contributed by atoms with Gasteiger partial charge in [-0.05, 0) is 6.92 Å². The zero-order valence-corrected chi connectivity index (χ0v) is 8.11. The lowest BCUT2D eigenvalue weighted by Gasteiger charge is -2.09. The molecule has 0 unspecified atom stereocenters. The van der Waals surface area contributed by atoms with Crippen molar-refractivity contribution >= 4 is 17.7 Å². The molecule has 0 spiro atoms. The average molecular weight is 203 g/mol. The van der Waals surface area contributed by atoms with E-state index in [2.05, 4.69) is 9.47 Å². The van der Waals surface area contributed by atoms with E-state index in [-0.39, 0.29) is 12.2 Å². The first-order valence-corrected chi connectivity index (χ1v) is 3.98. The highest BCUT2D eigenvalue weighted by Gasteiger charge is 2.16. The second kappa shape index (κ2) is 6.09. The number of nitrogens with two attached hydrogens (primary N) is 1. The van der Waals surface area contributed by atoms with Gasteiger partial charge in [0.05, 0.1) is 0 Å². The molecule has 0 aromatic heterocycles. The molecule has 0 rings (SSSR count). The molecule has 0 saturated heterocycles. The lowest BCUT2D eigenvalue weighted by Crippen LogP contribution is -2.34. The average Bonchev–Trinajstić information content (AvgIpc) is 2.01. The lowest BCUT2D eigenvalue weighted by atomic mass is 10.2. The van der Waals surface area contributed by atoms with Crippen LogP contribution in [0.4, 0.5) is 0 Å². The number of hydrogen-bond donors (Lipinski definition) is 1. The van der Waals surface area contributed by atoms with Crippen molar-refractivity contribution in [1.29, 1.82) is 0 Å². The van der Waals surface area contributed by atoms with Crippen molar-refractivity contribution < 1.29 is 23.9 Å². The van der Waals surface area contributed by atoms with Gasteiger partial charge in [-0.15, -0.1) is 0 Å². The summed E-state index contributed by atoms with van der Waals surface area (Å²) < 4.78 is 8.80. The Morgan fingerprint density at radius 3 is 2.21 bits per heavy atom. The van der Waals surface area contributed by atoms with Crippen LogP contribution in [0.1, 0.15) is 20.3 Å². The highest BCUT2D eigenvalue weighted by Crippen LogP contribution is 1.93. The van der Waals surface area contributed by atoms with Gasteiger partial charge >= 0.3 is 11.9 Å². The van der Waals surface area contributed by atoms with Crippen LogP contribution in [-0.4, -0.2) is 30.6 Å². The number of ketones is 1. The third kappa shape index (κ3) is 6.13. The van der Waals surface area contributed by atoms with Crippen LogP contribution >= 0.6 is 0 Å². The molecule has 0 aliphatic rings. The van der Waals surface area contributed by atoms with Crippen molar-refractivity contribution in [3.8, 4) is 0 Å². The minimum absolute atomic E-state index is 0.0844. The number of rotatable bonds is 5. The van der Waals surface area contributed by atoms with E-state index in [1.807, 2.05) is 0 Å². The van der Waals surface area contributed by atoms with Crippen molar-refractivity contribution in [3.63, 3.8) is 0 Å². The molecule has 0 aromatic rings. The fraction of sp³-hybridized carbons (Fsp3) is 0.625. The maximum atomic E-state index is 11.0. The molecular formula is C8H13NO5. The maximum Gasteiger partial charge on any atom is 0.326 e. The molecule has 14 heavy (non-hydrogen) atoms. The Labute approximate surface area is 81.3 Å². The van der Waals surface area contributed by atoms with Gasteiger partial charge in [0, 0.05) is 13.3 Å². The Balaban J connectivity index is 3.73. The van der Waals surface area contributed by atoms with Gasteiger partial charge in [-0.1, -0.05) is 0 Å². The molecule has 0 aliphatic heterocycles. The summed E-state index contributed by atoms with van der Waals surface area (Å²) in [6, 6.07) is -0.997. The standard InChI is InChI=1S/C8H13NO5/c1-5(10)3-7(9)8(12)14-4-13-6(2)11/h7H,3-4,9H2,1-2H3/t7-/m1/s1. The summed E-state index contributed by atoms with van der Waals surface area (Å²) in [6.45, 7) is 2.03. The smallest absolute Gasteiger partial charge is 0.326 e. The molecule has 0 bridgehead atoms. The van der Waals surface area contributed by atoms with Crippen molar-refractivity contribution in [2.75, 3.05) is 6.79 Å². The zero-order chi connectivity index (χ0) is 11.1. The second-order valence-electron chi connectivity index (χ2n) is 2.73. The third-order valence-corrected chi connectivity index (χ3v) is 1.27. The van der Waals surface area contributed by atoms with Crippen LogP contribution < -0.4 is 5.73 Å². The predicted molar refractivity (Wildman–Crippen MR) is 46.0 cm³/mol. The van der Waals surface area contributed by atoms with Crippen molar-refractivity contribution in [2.24, 2.45) is 5.73 Å². The Morgan fingerprint density at radius 2 is 1.79 bits per heavy atom. The van der Waals surface area contributed by atoms with Crippen LogP contribution in [-0.2, 0) is 23.9 Å². The molecule has 0 heterocycles. The van der Waals surface area contributed by atoms with Crippen LogP contribution in [0.15, 0.2) is 0 Å². The Hall–Kier alpha value is -1.43. The fourth-order valence-corrected chi connectivity index (χ4v) is 0.671. The molecule has 80 valence electrons. The van der Waals surface area contributed by atoms with E-state index in [9.17, 15) is 14.4 Å². The highest BCUT2D eigenvalue weighted by molar-refractivity contribution is 5.84. The summed E-state index contributed by atoms with van der Waals surface area (Å²) in [4.78, 5) is 31.8. The van der Waals surface area contributed by atoms with E-state index in [0.29, 0.717) is 0 Å². The first-order valence-electron chi connectivity index (χ1n) is 3.98. The van der Waals surface area contributed by atoms with Gasteiger partial charge in [-0.3, -0.25) is 14.4 Å². The Kier molecular flexibility index (Phi) is 5.47. The van der Waals surface area contributed by atoms with Gasteiger partial charge in [-0.2, -0.15) is 0 Å². The summed E-state index contributed by atoms with van der Waals surface area (Å²) in [5, 5.41) is 0.